The quantitative estimate of drug-likeness (QED) is 0.483. The molecule has 0 spiro atoms. The van der Waals surface area contributed by atoms with Gasteiger partial charge in [0, 0.05) is 53.4 Å². The number of nitrogens with zero attached hydrogens (tertiary/aromatic N) is 1. The topological polar surface area (TPSA) is 104 Å². The van der Waals surface area contributed by atoms with Gasteiger partial charge in [-0.15, -0.1) is 6.58 Å². The van der Waals surface area contributed by atoms with Gasteiger partial charge in [-0.25, -0.2) is 0 Å². The second kappa shape index (κ2) is 9.51. The number of Topliss-reactive ketones (excluding diaryl/α,β-unsaturated/α-hetero) is 2. The molecule has 1 aromatic carbocycles. The third-order valence-corrected chi connectivity index (χ3v) is 7.66. The molecule has 0 amide bonds. The van der Waals surface area contributed by atoms with E-state index < -0.39 is 11.9 Å². The number of carbonyl (C=O) groups excluding carboxylic acids is 2. The summed E-state index contributed by atoms with van der Waals surface area (Å²) in [5, 5.41) is 20.2. The van der Waals surface area contributed by atoms with Crippen LogP contribution in [0.15, 0.2) is 47.3 Å². The van der Waals surface area contributed by atoms with E-state index >= 15 is 0 Å². The Balaban J connectivity index is 2.03. The molecule has 7 nitrogen and oxygen atoms in total. The summed E-state index contributed by atoms with van der Waals surface area (Å²) < 4.78 is 5.48. The number of carbonyl (C=O) groups is 3. The van der Waals surface area contributed by atoms with Crippen molar-refractivity contribution in [2.75, 3.05) is 13.7 Å². The molecule has 0 saturated heterocycles. The third-order valence-electron chi connectivity index (χ3n) is 7.66. The summed E-state index contributed by atoms with van der Waals surface area (Å²) in [5.41, 5.74) is 3.48. The zero-order valence-electron chi connectivity index (χ0n) is 22.4. The van der Waals surface area contributed by atoms with Gasteiger partial charge in [0.05, 0.1) is 13.5 Å². The molecule has 1 aliphatic heterocycles. The molecule has 0 fully saturated rings. The van der Waals surface area contributed by atoms with Gasteiger partial charge in [-0.2, -0.15) is 0 Å². The van der Waals surface area contributed by atoms with Crippen molar-refractivity contribution in [1.82, 2.24) is 4.90 Å². The molecule has 0 bridgehead atoms. The largest absolute Gasteiger partial charge is 0.504 e. The second-order valence-electron chi connectivity index (χ2n) is 12.1. The maximum Gasteiger partial charge on any atom is 0.305 e. The molecule has 37 heavy (non-hydrogen) atoms. The lowest BCUT2D eigenvalue weighted by Crippen LogP contribution is -2.45. The van der Waals surface area contributed by atoms with Crippen LogP contribution in [0.2, 0.25) is 0 Å². The highest BCUT2D eigenvalue weighted by atomic mass is 16.5. The summed E-state index contributed by atoms with van der Waals surface area (Å²) in [6, 6.07) is 3.56. The van der Waals surface area contributed by atoms with E-state index in [4.69, 9.17) is 4.74 Å². The van der Waals surface area contributed by atoms with Crippen molar-refractivity contribution in [2.45, 2.75) is 72.1 Å². The molecule has 0 saturated carbocycles. The molecular formula is C30H37NO6. The van der Waals surface area contributed by atoms with E-state index in [2.05, 4.69) is 6.58 Å². The van der Waals surface area contributed by atoms with Crippen molar-refractivity contribution in [1.29, 1.82) is 0 Å². The third kappa shape index (κ3) is 4.96. The van der Waals surface area contributed by atoms with Crippen LogP contribution in [0.4, 0.5) is 0 Å². The molecular weight excluding hydrogens is 470 g/mol. The van der Waals surface area contributed by atoms with Crippen LogP contribution in [0.1, 0.15) is 76.8 Å². The fourth-order valence-electron chi connectivity index (χ4n) is 6.18. The van der Waals surface area contributed by atoms with Crippen molar-refractivity contribution in [3.05, 3.63) is 58.5 Å². The Morgan fingerprint density at radius 2 is 1.59 bits per heavy atom. The lowest BCUT2D eigenvalue weighted by molar-refractivity contribution is -0.137. The average molecular weight is 508 g/mol. The number of hydrogen-bond acceptors (Lipinski definition) is 6. The Labute approximate surface area is 218 Å². The van der Waals surface area contributed by atoms with Crippen LogP contribution in [0, 0.1) is 10.8 Å². The van der Waals surface area contributed by atoms with Crippen LogP contribution in [0.25, 0.3) is 0 Å². The monoisotopic (exact) mass is 507 g/mol. The van der Waals surface area contributed by atoms with Crippen molar-refractivity contribution >= 4 is 17.5 Å². The van der Waals surface area contributed by atoms with Crippen LogP contribution >= 0.6 is 0 Å². The molecule has 0 atom stereocenters. The highest BCUT2D eigenvalue weighted by molar-refractivity contribution is 6.07. The number of aliphatic carboxylic acids is 1. The standard InChI is InChI=1S/C30H37NO6/c1-7-8-17-11-18(12-23(37-6)28(17)36)25-26-19(13-29(2,3)15-21(26)32)31(10-9-24(34)35)20-14-30(4,5)16-22(33)27(20)25/h7,11-12,25,36H,1,8-10,13-16H2,2-6H3,(H,34,35). The Bertz CT molecular complexity index is 1190. The first-order valence-corrected chi connectivity index (χ1v) is 12.8. The van der Waals surface area contributed by atoms with Crippen molar-refractivity contribution < 1.29 is 29.3 Å². The number of allylic oxidation sites excluding steroid dienone is 5. The van der Waals surface area contributed by atoms with Gasteiger partial charge in [0.15, 0.2) is 23.1 Å². The smallest absolute Gasteiger partial charge is 0.305 e. The van der Waals surface area contributed by atoms with Crippen LogP contribution in [-0.4, -0.2) is 46.3 Å². The average Bonchev–Trinajstić information content (AvgIpc) is 2.77. The summed E-state index contributed by atoms with van der Waals surface area (Å²) >= 11 is 0. The van der Waals surface area contributed by atoms with Crippen LogP contribution in [0.3, 0.4) is 0 Å². The van der Waals surface area contributed by atoms with Gasteiger partial charge < -0.3 is 19.8 Å². The van der Waals surface area contributed by atoms with Gasteiger partial charge in [-0.05, 0) is 41.7 Å². The molecule has 198 valence electrons. The van der Waals surface area contributed by atoms with E-state index in [0.717, 1.165) is 11.4 Å². The SMILES string of the molecule is C=CCc1cc(C2C3=C(CC(C)(C)CC3=O)N(CCC(=O)O)C3=C2C(=O)CC(C)(C)C3)cc(OC)c1O. The number of ether oxygens (including phenoxy) is 1. The van der Waals surface area contributed by atoms with E-state index in [-0.39, 0.29) is 46.9 Å². The lowest BCUT2D eigenvalue weighted by atomic mass is 9.63. The number of methoxy groups -OCH3 is 1. The Morgan fingerprint density at radius 1 is 1.05 bits per heavy atom. The summed E-state index contributed by atoms with van der Waals surface area (Å²) in [6.45, 7) is 12.2. The maximum absolute atomic E-state index is 13.8. The number of rotatable bonds is 7. The predicted octanol–water partition coefficient (Wildman–Crippen LogP) is 5.29. The van der Waals surface area contributed by atoms with Crippen molar-refractivity contribution in [3.8, 4) is 11.5 Å². The molecule has 7 heteroatoms. The number of aromatic hydroxyl groups is 1. The molecule has 3 aliphatic rings. The molecule has 0 aromatic heterocycles. The highest BCUT2D eigenvalue weighted by Gasteiger charge is 2.49. The number of benzene rings is 1. The van der Waals surface area contributed by atoms with E-state index in [1.165, 1.54) is 7.11 Å². The lowest BCUT2D eigenvalue weighted by Gasteiger charge is -2.49. The van der Waals surface area contributed by atoms with Gasteiger partial charge in [0.25, 0.3) is 0 Å². The minimum absolute atomic E-state index is 0.0145. The van der Waals surface area contributed by atoms with Gasteiger partial charge in [0.2, 0.25) is 0 Å². The maximum atomic E-state index is 13.8. The number of carboxylic acid groups (broad SMARTS) is 1. The Morgan fingerprint density at radius 3 is 2.05 bits per heavy atom. The number of carboxylic acids is 1. The van der Waals surface area contributed by atoms with Crippen molar-refractivity contribution in [3.63, 3.8) is 0 Å². The Kier molecular flexibility index (Phi) is 6.86. The molecule has 0 unspecified atom stereocenters. The van der Waals surface area contributed by atoms with Crippen LogP contribution in [0.5, 0.6) is 11.5 Å². The van der Waals surface area contributed by atoms with E-state index in [9.17, 15) is 24.6 Å². The van der Waals surface area contributed by atoms with Crippen molar-refractivity contribution in [2.24, 2.45) is 10.8 Å². The minimum Gasteiger partial charge on any atom is -0.504 e. The van der Waals surface area contributed by atoms with Crippen LogP contribution < -0.4 is 4.74 Å². The second-order valence-corrected chi connectivity index (χ2v) is 12.1. The fraction of sp³-hybridized carbons (Fsp3) is 0.500. The van der Waals surface area contributed by atoms with Crippen LogP contribution in [-0.2, 0) is 20.8 Å². The molecule has 1 heterocycles. The highest BCUT2D eigenvalue weighted by Crippen LogP contribution is 2.55. The predicted molar refractivity (Wildman–Crippen MR) is 140 cm³/mol. The zero-order valence-corrected chi connectivity index (χ0v) is 22.4. The molecule has 2 N–H and O–H groups in total. The number of ketones is 2. The molecule has 0 radical (unpaired) electrons. The summed E-state index contributed by atoms with van der Waals surface area (Å²) in [6.07, 6.45) is 3.86. The first-order chi connectivity index (χ1) is 17.3. The molecule has 4 rings (SSSR count). The number of phenolic OH excluding ortho intramolecular Hbond substituents is 1. The number of hydrogen-bond donors (Lipinski definition) is 2. The molecule has 2 aliphatic carbocycles. The van der Waals surface area contributed by atoms with E-state index in [1.807, 2.05) is 38.7 Å². The zero-order chi connectivity index (χ0) is 27.3. The first kappa shape index (κ1) is 26.7. The van der Waals surface area contributed by atoms with Gasteiger partial charge in [-0.3, -0.25) is 14.4 Å². The first-order valence-electron chi connectivity index (χ1n) is 12.8. The number of phenols is 1. The minimum atomic E-state index is -0.924. The summed E-state index contributed by atoms with van der Waals surface area (Å²) in [5.74, 6) is -1.29. The van der Waals surface area contributed by atoms with Gasteiger partial charge in [-0.1, -0.05) is 39.8 Å². The fourth-order valence-corrected chi connectivity index (χ4v) is 6.18. The Hall–Kier alpha value is -3.35. The summed E-state index contributed by atoms with van der Waals surface area (Å²) in [7, 11) is 1.48. The van der Waals surface area contributed by atoms with E-state index in [1.54, 1.807) is 12.1 Å². The summed E-state index contributed by atoms with van der Waals surface area (Å²) in [4.78, 5) is 41.2. The van der Waals surface area contributed by atoms with E-state index in [0.29, 0.717) is 54.4 Å². The molecule has 1 aromatic rings. The normalized spacial score (nSPS) is 21.1. The van der Waals surface area contributed by atoms with Gasteiger partial charge >= 0.3 is 5.97 Å². The van der Waals surface area contributed by atoms with Gasteiger partial charge in [0.1, 0.15) is 0 Å².